The van der Waals surface area contributed by atoms with Crippen molar-refractivity contribution in [3.8, 4) is 11.3 Å². The summed E-state index contributed by atoms with van der Waals surface area (Å²) in [4.78, 5) is 18.0. The zero-order valence-corrected chi connectivity index (χ0v) is 23.6. The maximum Gasteiger partial charge on any atom is 0.149 e. The molecule has 8 nitrogen and oxygen atoms in total. The van der Waals surface area contributed by atoms with Crippen molar-refractivity contribution in [3.05, 3.63) is 81.2 Å². The van der Waals surface area contributed by atoms with E-state index in [2.05, 4.69) is 37.6 Å². The number of aliphatic imine (C=N–C) groups is 2. The topological polar surface area (TPSA) is 95.8 Å². The van der Waals surface area contributed by atoms with E-state index in [9.17, 15) is 0 Å². The summed E-state index contributed by atoms with van der Waals surface area (Å²) in [5, 5.41) is 10.5. The van der Waals surface area contributed by atoms with Crippen molar-refractivity contribution >= 4 is 47.1 Å². The normalized spacial score (nSPS) is 12.1. The van der Waals surface area contributed by atoms with E-state index in [1.807, 2.05) is 57.5 Å². The first kappa shape index (κ1) is 29.4. The highest BCUT2D eigenvalue weighted by atomic mass is 35.5. The van der Waals surface area contributed by atoms with Crippen LogP contribution in [0, 0.1) is 0 Å². The summed E-state index contributed by atoms with van der Waals surface area (Å²) in [6, 6.07) is 11.7. The summed E-state index contributed by atoms with van der Waals surface area (Å²) in [7, 11) is 7.18. The quantitative estimate of drug-likeness (QED) is 0.254. The van der Waals surface area contributed by atoms with Crippen LogP contribution in [0.5, 0.6) is 0 Å². The van der Waals surface area contributed by atoms with Gasteiger partial charge in [-0.15, -0.1) is 0 Å². The Bertz CT molecular complexity index is 1320. The zero-order valence-electron chi connectivity index (χ0n) is 22.1. The Kier molecular flexibility index (Phi) is 11.4. The third-order valence-corrected chi connectivity index (χ3v) is 6.64. The van der Waals surface area contributed by atoms with Crippen molar-refractivity contribution < 1.29 is 4.74 Å². The van der Waals surface area contributed by atoms with E-state index < -0.39 is 0 Å². The molecule has 0 atom stereocenters. The average Bonchev–Trinajstić information content (AvgIpc) is 2.92. The van der Waals surface area contributed by atoms with Gasteiger partial charge in [0, 0.05) is 44.8 Å². The van der Waals surface area contributed by atoms with E-state index in [0.29, 0.717) is 53.4 Å². The molecule has 0 fully saturated rings. The van der Waals surface area contributed by atoms with Gasteiger partial charge in [-0.25, -0.2) is 4.98 Å². The Hall–Kier alpha value is -3.14. The molecule has 200 valence electrons. The van der Waals surface area contributed by atoms with Crippen LogP contribution in [0.3, 0.4) is 0 Å². The predicted octanol–water partition coefficient (Wildman–Crippen LogP) is 5.11. The molecule has 0 radical (unpaired) electrons. The molecule has 2 aromatic carbocycles. The summed E-state index contributed by atoms with van der Waals surface area (Å²) < 4.78 is 5.22. The molecule has 0 bridgehead atoms. The average molecular weight is 555 g/mol. The van der Waals surface area contributed by atoms with E-state index in [1.54, 1.807) is 19.5 Å². The lowest BCUT2D eigenvalue weighted by Crippen LogP contribution is -2.22. The van der Waals surface area contributed by atoms with Gasteiger partial charge in [0.2, 0.25) is 0 Å². The van der Waals surface area contributed by atoms with Gasteiger partial charge in [-0.05, 0) is 31.9 Å². The van der Waals surface area contributed by atoms with Gasteiger partial charge in [-0.3, -0.25) is 15.0 Å². The molecule has 3 rings (SSSR count). The fourth-order valence-electron chi connectivity index (χ4n) is 3.93. The van der Waals surface area contributed by atoms with Crippen LogP contribution in [0.25, 0.3) is 17.0 Å². The van der Waals surface area contributed by atoms with Gasteiger partial charge in [0.25, 0.3) is 0 Å². The third kappa shape index (κ3) is 7.24. The minimum absolute atomic E-state index is 0.406. The molecule has 0 saturated heterocycles. The second kappa shape index (κ2) is 14.7. The van der Waals surface area contributed by atoms with Gasteiger partial charge in [0.1, 0.15) is 5.82 Å². The molecule has 0 aliphatic rings. The monoisotopic (exact) mass is 553 g/mol. The predicted molar refractivity (Wildman–Crippen MR) is 160 cm³/mol. The van der Waals surface area contributed by atoms with Crippen LogP contribution in [0.2, 0.25) is 10.0 Å². The number of hydrogen-bond acceptors (Lipinski definition) is 8. The number of halogens is 2. The lowest BCUT2D eigenvalue weighted by Gasteiger charge is -2.14. The highest BCUT2D eigenvalue weighted by molar-refractivity contribution is 6.34. The molecule has 0 spiro atoms. The fraction of sp³-hybridized carbons (Fsp3) is 0.286. The van der Waals surface area contributed by atoms with Crippen LogP contribution >= 0.6 is 23.2 Å². The lowest BCUT2D eigenvalue weighted by atomic mass is 9.99. The molecular formula is C28H33Cl2N7O. The highest BCUT2D eigenvalue weighted by Gasteiger charge is 2.16. The Labute approximate surface area is 234 Å². The van der Waals surface area contributed by atoms with Crippen LogP contribution in [0.15, 0.2) is 58.8 Å². The molecule has 1 aromatic heterocycles. The van der Waals surface area contributed by atoms with Gasteiger partial charge in [-0.2, -0.15) is 0 Å². The Morgan fingerprint density at radius 2 is 1.79 bits per heavy atom. The number of nitrogens with one attached hydrogen (secondary N) is 3. The first-order valence-corrected chi connectivity index (χ1v) is 12.8. The number of nitrogens with zero attached hydrogens (tertiary/aromatic N) is 4. The molecule has 0 aliphatic carbocycles. The lowest BCUT2D eigenvalue weighted by molar-refractivity contribution is 0.244. The van der Waals surface area contributed by atoms with Crippen LogP contribution in [-0.4, -0.2) is 63.8 Å². The van der Waals surface area contributed by atoms with Crippen molar-refractivity contribution in [2.45, 2.75) is 13.0 Å². The van der Waals surface area contributed by atoms with E-state index in [-0.39, 0.29) is 0 Å². The Balaban J connectivity index is 1.95. The molecule has 10 heteroatoms. The first-order chi connectivity index (χ1) is 18.5. The number of rotatable bonds is 13. The SMILES string of the molecule is C=N/C(=C\N=C(\CNC)COC)c1cccc(Cc2cccc(-c3cnc(CNC)c(NC)n3)c2Cl)c1Cl. The summed E-state index contributed by atoms with van der Waals surface area (Å²) in [6.45, 7) is 5.32. The minimum Gasteiger partial charge on any atom is -0.379 e. The van der Waals surface area contributed by atoms with Crippen molar-refractivity contribution in [2.24, 2.45) is 9.98 Å². The van der Waals surface area contributed by atoms with E-state index in [1.165, 1.54) is 0 Å². The highest BCUT2D eigenvalue weighted by Crippen LogP contribution is 2.34. The van der Waals surface area contributed by atoms with Crippen molar-refractivity contribution in [1.29, 1.82) is 0 Å². The van der Waals surface area contributed by atoms with Crippen molar-refractivity contribution in [1.82, 2.24) is 20.6 Å². The molecule has 0 saturated carbocycles. The number of aromatic nitrogens is 2. The van der Waals surface area contributed by atoms with Gasteiger partial charge in [-0.1, -0.05) is 59.6 Å². The van der Waals surface area contributed by atoms with Crippen LogP contribution in [-0.2, 0) is 17.7 Å². The standard InChI is InChI=1S/C28H33Cl2N7O/c1-31-13-20(17-38-5)35-15-23(33-3)21-10-6-8-18(26(21)29)12-19-9-7-11-22(27(19)30)24-16-36-25(14-32-2)28(34-4)37-24/h6-11,15-16,31-32H,3,12-14,17H2,1-2,4-5H3,(H,34,37)/b23-15-,35-20-. The van der Waals surface area contributed by atoms with E-state index in [4.69, 9.17) is 32.9 Å². The van der Waals surface area contributed by atoms with Gasteiger partial charge >= 0.3 is 0 Å². The van der Waals surface area contributed by atoms with E-state index >= 15 is 0 Å². The molecule has 3 aromatic rings. The molecule has 38 heavy (non-hydrogen) atoms. The molecule has 0 aliphatic heterocycles. The van der Waals surface area contributed by atoms with Crippen LogP contribution < -0.4 is 16.0 Å². The summed E-state index contributed by atoms with van der Waals surface area (Å²) in [6.07, 6.45) is 3.92. The van der Waals surface area contributed by atoms with Gasteiger partial charge in [0.05, 0.1) is 51.8 Å². The third-order valence-electron chi connectivity index (χ3n) is 5.75. The molecule has 1 heterocycles. The first-order valence-electron chi connectivity index (χ1n) is 12.1. The summed E-state index contributed by atoms with van der Waals surface area (Å²) >= 11 is 13.8. The number of ether oxygens (including phenoxy) is 1. The molecule has 0 unspecified atom stereocenters. The maximum atomic E-state index is 6.90. The maximum absolute atomic E-state index is 6.90. The Morgan fingerprint density at radius 1 is 1.05 bits per heavy atom. The van der Waals surface area contributed by atoms with E-state index in [0.717, 1.165) is 33.7 Å². The van der Waals surface area contributed by atoms with Crippen molar-refractivity contribution in [3.63, 3.8) is 0 Å². The molecular weight excluding hydrogens is 521 g/mol. The second-order valence-corrected chi connectivity index (χ2v) is 9.15. The summed E-state index contributed by atoms with van der Waals surface area (Å²) in [5.74, 6) is 0.705. The zero-order chi connectivity index (χ0) is 27.5. The largest absolute Gasteiger partial charge is 0.379 e. The second-order valence-electron chi connectivity index (χ2n) is 8.40. The fourth-order valence-corrected chi connectivity index (χ4v) is 4.51. The Morgan fingerprint density at radius 3 is 2.45 bits per heavy atom. The molecule has 3 N–H and O–H groups in total. The smallest absolute Gasteiger partial charge is 0.149 e. The number of methoxy groups -OCH3 is 1. The number of hydrogen-bond donors (Lipinski definition) is 3. The number of benzene rings is 2. The van der Waals surface area contributed by atoms with Gasteiger partial charge < -0.3 is 20.7 Å². The number of anilines is 1. The van der Waals surface area contributed by atoms with Crippen molar-refractivity contribution in [2.75, 3.05) is 46.7 Å². The van der Waals surface area contributed by atoms with Crippen LogP contribution in [0.1, 0.15) is 22.4 Å². The summed E-state index contributed by atoms with van der Waals surface area (Å²) in [5.41, 5.74) is 6.28. The molecule has 0 amide bonds. The van der Waals surface area contributed by atoms with Crippen LogP contribution in [0.4, 0.5) is 5.82 Å². The minimum atomic E-state index is 0.406. The van der Waals surface area contributed by atoms with Gasteiger partial charge in [0.15, 0.2) is 0 Å².